The van der Waals surface area contributed by atoms with Crippen molar-refractivity contribution in [2.75, 3.05) is 0 Å². The maximum absolute atomic E-state index is 14.6. The average molecular weight is 508 g/mol. The number of benzene rings is 3. The van der Waals surface area contributed by atoms with Crippen molar-refractivity contribution in [2.24, 2.45) is 0 Å². The van der Waals surface area contributed by atoms with Crippen LogP contribution in [0, 0.1) is 17.5 Å². The van der Waals surface area contributed by atoms with Gasteiger partial charge in [-0.2, -0.15) is 17.6 Å². The van der Waals surface area contributed by atoms with E-state index < -0.39 is 41.3 Å². The Morgan fingerprint density at radius 3 is 1.69 bits per heavy atom. The third kappa shape index (κ3) is 5.19. The summed E-state index contributed by atoms with van der Waals surface area (Å²) in [5.41, 5.74) is 0.488. The molecule has 0 saturated carbocycles. The van der Waals surface area contributed by atoms with Crippen molar-refractivity contribution in [3.05, 3.63) is 108 Å². The van der Waals surface area contributed by atoms with Crippen molar-refractivity contribution in [2.45, 2.75) is 6.11 Å². The van der Waals surface area contributed by atoms with Crippen LogP contribution in [0.5, 0.6) is 5.75 Å². The molecule has 4 aromatic rings. The van der Waals surface area contributed by atoms with Crippen molar-refractivity contribution in [1.82, 2.24) is 9.97 Å². The lowest BCUT2D eigenvalue weighted by Gasteiger charge is -2.17. The van der Waals surface area contributed by atoms with Gasteiger partial charge in [-0.1, -0.05) is 36.4 Å². The molecule has 0 bridgehead atoms. The van der Waals surface area contributed by atoms with Gasteiger partial charge in [-0.3, -0.25) is 0 Å². The van der Waals surface area contributed by atoms with E-state index in [1.165, 1.54) is 24.3 Å². The standard InChI is InChI=1S/C25H12F8N2O/c26-19-9-16(10-20(27)22(19)29)13-5-7-18(8-6-13)36-25(32,33)24-34-11-17(12-35-24)14-1-3-15(4-2-14)21(28)23(30)31/h1-12H. The molecule has 36 heavy (non-hydrogen) atoms. The zero-order valence-corrected chi connectivity index (χ0v) is 17.8. The van der Waals surface area contributed by atoms with E-state index in [9.17, 15) is 35.1 Å². The second-order valence-corrected chi connectivity index (χ2v) is 7.34. The summed E-state index contributed by atoms with van der Waals surface area (Å²) in [6, 6.07) is 11.0. The van der Waals surface area contributed by atoms with E-state index in [0.717, 1.165) is 48.8 Å². The minimum absolute atomic E-state index is 0.00902. The number of hydrogen-bond acceptors (Lipinski definition) is 3. The normalized spacial score (nSPS) is 11.3. The number of nitrogens with zero attached hydrogens (tertiary/aromatic N) is 2. The van der Waals surface area contributed by atoms with Crippen LogP contribution >= 0.6 is 0 Å². The SMILES string of the molecule is FC(F)=C(F)c1ccc(-c2cnc(C(F)(F)Oc3ccc(-c4cc(F)c(F)c(F)c4)cc3)nc2)cc1. The lowest BCUT2D eigenvalue weighted by Crippen LogP contribution is -2.24. The first-order valence-electron chi connectivity index (χ1n) is 10.0. The molecule has 0 N–H and O–H groups in total. The van der Waals surface area contributed by atoms with Crippen molar-refractivity contribution in [3.8, 4) is 28.0 Å². The van der Waals surface area contributed by atoms with Crippen LogP contribution in [0.15, 0.2) is 79.1 Å². The van der Waals surface area contributed by atoms with Gasteiger partial charge in [-0.25, -0.2) is 27.5 Å². The molecule has 1 aromatic heterocycles. The molecular formula is C25H12F8N2O. The molecule has 184 valence electrons. The Morgan fingerprint density at radius 1 is 0.667 bits per heavy atom. The summed E-state index contributed by atoms with van der Waals surface area (Å²) in [7, 11) is 0. The van der Waals surface area contributed by atoms with Crippen LogP contribution in [0.3, 0.4) is 0 Å². The third-order valence-corrected chi connectivity index (χ3v) is 4.97. The van der Waals surface area contributed by atoms with Crippen LogP contribution in [-0.2, 0) is 6.11 Å². The lowest BCUT2D eigenvalue weighted by molar-refractivity contribution is -0.191. The van der Waals surface area contributed by atoms with Gasteiger partial charge in [0.25, 0.3) is 0 Å². The Kier molecular flexibility index (Phi) is 6.73. The van der Waals surface area contributed by atoms with E-state index in [1.807, 2.05) is 0 Å². The van der Waals surface area contributed by atoms with Crippen molar-refractivity contribution >= 4 is 5.83 Å². The summed E-state index contributed by atoms with van der Waals surface area (Å²) in [6.07, 6.45) is -4.33. The first-order valence-corrected chi connectivity index (χ1v) is 10.0. The van der Waals surface area contributed by atoms with Gasteiger partial charge < -0.3 is 4.74 Å². The van der Waals surface area contributed by atoms with E-state index in [1.54, 1.807) is 0 Å². The van der Waals surface area contributed by atoms with Crippen LogP contribution in [0.1, 0.15) is 11.4 Å². The maximum atomic E-state index is 14.6. The van der Waals surface area contributed by atoms with Crippen molar-refractivity contribution < 1.29 is 39.9 Å². The monoisotopic (exact) mass is 508 g/mol. The molecule has 3 aromatic carbocycles. The molecule has 3 nitrogen and oxygen atoms in total. The molecule has 11 heteroatoms. The largest absolute Gasteiger partial charge is 0.462 e. The van der Waals surface area contributed by atoms with Gasteiger partial charge in [0.15, 0.2) is 23.3 Å². The molecule has 0 fully saturated rings. The van der Waals surface area contributed by atoms with Gasteiger partial charge >= 0.3 is 12.2 Å². The Hall–Kier alpha value is -4.28. The summed E-state index contributed by atoms with van der Waals surface area (Å²) >= 11 is 0. The number of rotatable bonds is 6. The molecule has 0 atom stereocenters. The summed E-state index contributed by atoms with van der Waals surface area (Å²) in [4.78, 5) is 7.19. The zero-order valence-electron chi connectivity index (χ0n) is 17.8. The molecular weight excluding hydrogens is 496 g/mol. The minimum Gasteiger partial charge on any atom is -0.427 e. The number of alkyl halides is 2. The molecule has 0 radical (unpaired) electrons. The fraction of sp³-hybridized carbons (Fsp3) is 0.0400. The first-order chi connectivity index (χ1) is 17.0. The predicted molar refractivity (Wildman–Crippen MR) is 114 cm³/mol. The predicted octanol–water partition coefficient (Wildman–Crippen LogP) is 7.89. The number of ether oxygens (including phenoxy) is 1. The fourth-order valence-corrected chi connectivity index (χ4v) is 3.18. The van der Waals surface area contributed by atoms with E-state index in [2.05, 4.69) is 14.7 Å². The third-order valence-electron chi connectivity index (χ3n) is 4.97. The van der Waals surface area contributed by atoms with Crippen LogP contribution < -0.4 is 4.74 Å². The van der Waals surface area contributed by atoms with Gasteiger partial charge in [0, 0.05) is 23.5 Å². The zero-order chi connectivity index (χ0) is 26.0. The Labute approximate surface area is 198 Å². The molecule has 0 spiro atoms. The van der Waals surface area contributed by atoms with Crippen LogP contribution in [0.2, 0.25) is 0 Å². The molecule has 4 rings (SSSR count). The van der Waals surface area contributed by atoms with Crippen molar-refractivity contribution in [1.29, 1.82) is 0 Å². The van der Waals surface area contributed by atoms with E-state index in [-0.39, 0.29) is 28.0 Å². The summed E-state index contributed by atoms with van der Waals surface area (Å²) in [5, 5.41) is 0. The second kappa shape index (κ2) is 9.76. The Balaban J connectivity index is 1.49. The summed E-state index contributed by atoms with van der Waals surface area (Å²) in [5.74, 6) is -7.39. The Morgan fingerprint density at radius 2 is 1.17 bits per heavy atom. The van der Waals surface area contributed by atoms with Crippen LogP contribution in [0.25, 0.3) is 28.1 Å². The molecule has 0 aliphatic heterocycles. The topological polar surface area (TPSA) is 35.0 Å². The maximum Gasteiger partial charge on any atom is 0.462 e. The number of halogens is 8. The highest BCUT2D eigenvalue weighted by atomic mass is 19.3. The lowest BCUT2D eigenvalue weighted by atomic mass is 10.1. The Bertz CT molecular complexity index is 1390. The summed E-state index contributed by atoms with van der Waals surface area (Å²) in [6.45, 7) is 0. The van der Waals surface area contributed by atoms with Gasteiger partial charge in [0.05, 0.1) is 0 Å². The second-order valence-electron chi connectivity index (χ2n) is 7.34. The van der Waals surface area contributed by atoms with Crippen molar-refractivity contribution in [3.63, 3.8) is 0 Å². The van der Waals surface area contributed by atoms with Gasteiger partial charge in [0.2, 0.25) is 5.82 Å². The molecule has 1 heterocycles. The van der Waals surface area contributed by atoms with Crippen LogP contribution in [-0.4, -0.2) is 9.97 Å². The van der Waals surface area contributed by atoms with Crippen LogP contribution in [0.4, 0.5) is 35.1 Å². The number of aromatic nitrogens is 2. The van der Waals surface area contributed by atoms with Gasteiger partial charge in [0.1, 0.15) is 5.75 Å². The fourth-order valence-electron chi connectivity index (χ4n) is 3.18. The number of hydrogen-bond donors (Lipinski definition) is 0. The average Bonchev–Trinajstić information content (AvgIpc) is 2.87. The molecule has 0 aliphatic carbocycles. The minimum atomic E-state index is -3.97. The highest BCUT2D eigenvalue weighted by Gasteiger charge is 2.38. The quantitative estimate of drug-likeness (QED) is 0.196. The van der Waals surface area contributed by atoms with Gasteiger partial charge in [-0.15, -0.1) is 0 Å². The summed E-state index contributed by atoms with van der Waals surface area (Å²) < 4.78 is 112. The first kappa shape index (κ1) is 24.8. The molecule has 0 saturated heterocycles. The smallest absolute Gasteiger partial charge is 0.427 e. The highest BCUT2D eigenvalue weighted by Crippen LogP contribution is 2.32. The molecule has 0 unspecified atom stereocenters. The van der Waals surface area contributed by atoms with Gasteiger partial charge in [-0.05, 0) is 41.0 Å². The molecule has 0 aliphatic rings. The van der Waals surface area contributed by atoms with E-state index in [0.29, 0.717) is 5.56 Å². The van der Waals surface area contributed by atoms with E-state index >= 15 is 0 Å². The van der Waals surface area contributed by atoms with E-state index in [4.69, 9.17) is 0 Å². The molecule has 0 amide bonds. The highest BCUT2D eigenvalue weighted by molar-refractivity contribution is 5.67.